The summed E-state index contributed by atoms with van der Waals surface area (Å²) in [6, 6.07) is 17.2. The van der Waals surface area contributed by atoms with Crippen molar-refractivity contribution < 1.29 is 9.90 Å². The summed E-state index contributed by atoms with van der Waals surface area (Å²) in [7, 11) is 2.19. The molecule has 0 spiro atoms. The molecule has 0 unspecified atom stereocenters. The number of amides is 2. The number of nitrogens with one attached hydrogen (secondary N) is 2. The van der Waals surface area contributed by atoms with E-state index < -0.39 is 12.1 Å². The van der Waals surface area contributed by atoms with Gasteiger partial charge in [-0.05, 0) is 94.8 Å². The van der Waals surface area contributed by atoms with Crippen molar-refractivity contribution in [3.05, 3.63) is 77.0 Å². The fraction of sp³-hybridized carbons (Fsp3) is 0.448. The summed E-state index contributed by atoms with van der Waals surface area (Å²) in [6.45, 7) is 4.35. The highest BCUT2D eigenvalue weighted by Gasteiger charge is 2.30. The molecule has 2 atom stereocenters. The zero-order valence-electron chi connectivity index (χ0n) is 21.3. The van der Waals surface area contributed by atoms with Crippen LogP contribution in [0.4, 0.5) is 10.6 Å². The number of aromatic nitrogens is 2. The van der Waals surface area contributed by atoms with Gasteiger partial charge in [0.2, 0.25) is 0 Å². The number of hydrogen-bond acceptors (Lipinski definition) is 4. The van der Waals surface area contributed by atoms with Gasteiger partial charge in [-0.1, -0.05) is 42.5 Å². The van der Waals surface area contributed by atoms with E-state index in [-0.39, 0.29) is 6.03 Å². The number of aliphatic hydroxyl groups is 1. The number of hydrogen-bond donors (Lipinski definition) is 3. The van der Waals surface area contributed by atoms with Crippen LogP contribution in [0.25, 0.3) is 5.69 Å². The number of nitrogens with zero attached hydrogens (tertiary/aromatic N) is 3. The van der Waals surface area contributed by atoms with E-state index >= 15 is 0 Å². The van der Waals surface area contributed by atoms with E-state index in [0.717, 1.165) is 60.8 Å². The summed E-state index contributed by atoms with van der Waals surface area (Å²) in [5.74, 6) is 1.39. The minimum Gasteiger partial charge on any atom is -0.391 e. The Morgan fingerprint density at radius 2 is 1.78 bits per heavy atom. The standard InChI is InChI=1S/C29H37N5O2/c1-20-25(14-12-21-16-18-33(2)19-17-21)32-34(23-9-4-3-5-10-23)28(20)31-29(36)30-27-24-11-7-6-8-22(24)13-15-26(27)35/h3-11,21,26-27,35H,12-19H2,1-2H3,(H2,30,31,36)/t26-,27-/m1/s1. The van der Waals surface area contributed by atoms with Crippen molar-refractivity contribution in [2.45, 2.75) is 57.6 Å². The van der Waals surface area contributed by atoms with Gasteiger partial charge in [0, 0.05) is 5.56 Å². The van der Waals surface area contributed by atoms with Crippen molar-refractivity contribution >= 4 is 11.8 Å². The molecule has 36 heavy (non-hydrogen) atoms. The minimum atomic E-state index is -0.615. The maximum Gasteiger partial charge on any atom is 0.320 e. The van der Waals surface area contributed by atoms with Crippen molar-refractivity contribution in [2.75, 3.05) is 25.5 Å². The molecule has 7 heteroatoms. The molecular weight excluding hydrogens is 450 g/mol. The van der Waals surface area contributed by atoms with Crippen LogP contribution in [0.2, 0.25) is 0 Å². The first-order valence-corrected chi connectivity index (χ1v) is 13.2. The summed E-state index contributed by atoms with van der Waals surface area (Å²) >= 11 is 0. The van der Waals surface area contributed by atoms with E-state index in [2.05, 4.69) is 28.6 Å². The molecule has 5 rings (SSSR count). The lowest BCUT2D eigenvalue weighted by molar-refractivity contribution is 0.114. The van der Waals surface area contributed by atoms with Crippen LogP contribution in [0.3, 0.4) is 0 Å². The predicted molar refractivity (Wildman–Crippen MR) is 143 cm³/mol. The van der Waals surface area contributed by atoms with Crippen molar-refractivity contribution in [1.29, 1.82) is 0 Å². The van der Waals surface area contributed by atoms with Crippen molar-refractivity contribution in [2.24, 2.45) is 5.92 Å². The Kier molecular flexibility index (Phi) is 7.39. The van der Waals surface area contributed by atoms with Crippen LogP contribution in [-0.2, 0) is 12.8 Å². The van der Waals surface area contributed by atoms with E-state index in [1.807, 2.05) is 60.1 Å². The summed E-state index contributed by atoms with van der Waals surface area (Å²) in [5, 5.41) is 21.7. The second kappa shape index (κ2) is 10.8. The molecule has 0 saturated carbocycles. The van der Waals surface area contributed by atoms with Gasteiger partial charge in [-0.15, -0.1) is 0 Å². The average molecular weight is 488 g/mol. The van der Waals surface area contributed by atoms with Crippen LogP contribution < -0.4 is 10.6 Å². The van der Waals surface area contributed by atoms with Crippen molar-refractivity contribution in [1.82, 2.24) is 20.0 Å². The van der Waals surface area contributed by atoms with Gasteiger partial charge in [-0.25, -0.2) is 9.48 Å². The molecule has 2 aliphatic rings. The Balaban J connectivity index is 1.35. The summed E-state index contributed by atoms with van der Waals surface area (Å²) in [5.41, 5.74) is 5.08. The van der Waals surface area contributed by atoms with Gasteiger partial charge in [0.15, 0.2) is 0 Å². The number of carbonyl (C=O) groups excluding carboxylic acids is 1. The average Bonchev–Trinajstić information content (AvgIpc) is 3.20. The van der Waals surface area contributed by atoms with E-state index in [1.165, 1.54) is 18.4 Å². The summed E-state index contributed by atoms with van der Waals surface area (Å²) in [4.78, 5) is 15.6. The smallest absolute Gasteiger partial charge is 0.320 e. The number of para-hydroxylation sites is 1. The molecule has 2 aromatic carbocycles. The van der Waals surface area contributed by atoms with E-state index in [4.69, 9.17) is 5.10 Å². The number of anilines is 1. The maximum atomic E-state index is 13.2. The Morgan fingerprint density at radius 3 is 2.56 bits per heavy atom. The summed E-state index contributed by atoms with van der Waals surface area (Å²) in [6.07, 6.45) is 5.29. The van der Waals surface area contributed by atoms with E-state index in [0.29, 0.717) is 12.2 Å². The van der Waals surface area contributed by atoms with Gasteiger partial charge in [0.05, 0.1) is 23.5 Å². The lowest BCUT2D eigenvalue weighted by atomic mass is 9.86. The summed E-state index contributed by atoms with van der Waals surface area (Å²) < 4.78 is 1.84. The van der Waals surface area contributed by atoms with Crippen LogP contribution in [0.1, 0.15) is 54.1 Å². The molecule has 0 radical (unpaired) electrons. The topological polar surface area (TPSA) is 82.4 Å². The second-order valence-corrected chi connectivity index (χ2v) is 10.3. The molecule has 1 aliphatic carbocycles. The Hall–Kier alpha value is -3.16. The number of fused-ring (bicyclic) bond motifs is 1. The first kappa shape index (κ1) is 24.5. The van der Waals surface area contributed by atoms with Crippen LogP contribution in [-0.4, -0.2) is 52.1 Å². The number of urea groups is 1. The highest BCUT2D eigenvalue weighted by Crippen LogP contribution is 2.31. The van der Waals surface area contributed by atoms with Crippen molar-refractivity contribution in [3.63, 3.8) is 0 Å². The number of piperidine rings is 1. The predicted octanol–water partition coefficient (Wildman–Crippen LogP) is 4.63. The van der Waals surface area contributed by atoms with Gasteiger partial charge in [0.25, 0.3) is 0 Å². The van der Waals surface area contributed by atoms with Gasteiger partial charge in [-0.3, -0.25) is 5.32 Å². The van der Waals surface area contributed by atoms with Gasteiger partial charge in [-0.2, -0.15) is 5.10 Å². The molecule has 0 bridgehead atoms. The Morgan fingerprint density at radius 1 is 1.06 bits per heavy atom. The number of rotatable bonds is 6. The highest BCUT2D eigenvalue weighted by atomic mass is 16.3. The third-order valence-corrected chi connectivity index (χ3v) is 7.85. The van der Waals surface area contributed by atoms with Gasteiger partial charge in [0.1, 0.15) is 5.82 Å². The third-order valence-electron chi connectivity index (χ3n) is 7.85. The zero-order valence-corrected chi connectivity index (χ0v) is 21.3. The van der Waals surface area contributed by atoms with Crippen LogP contribution in [0, 0.1) is 12.8 Å². The number of likely N-dealkylation sites (tertiary alicyclic amines) is 1. The molecular formula is C29H37N5O2. The first-order valence-electron chi connectivity index (χ1n) is 13.2. The number of aryl methyl sites for hydroxylation is 2. The lowest BCUT2D eigenvalue weighted by Crippen LogP contribution is -2.41. The second-order valence-electron chi connectivity index (χ2n) is 10.3. The molecule has 1 saturated heterocycles. The SMILES string of the molecule is Cc1c(CCC2CCN(C)CC2)nn(-c2ccccc2)c1NC(=O)N[C@@H]1c2ccccc2CC[C@H]1O. The van der Waals surface area contributed by atoms with Crippen LogP contribution in [0.5, 0.6) is 0 Å². The first-order chi connectivity index (χ1) is 17.5. The minimum absolute atomic E-state index is 0.335. The Bertz CT molecular complexity index is 1180. The molecule has 1 aromatic heterocycles. The number of carbonyl (C=O) groups is 1. The van der Waals surface area contributed by atoms with Crippen molar-refractivity contribution in [3.8, 4) is 5.69 Å². The molecule has 3 N–H and O–H groups in total. The molecule has 1 aliphatic heterocycles. The Labute approximate surface area is 213 Å². The quantitative estimate of drug-likeness (QED) is 0.474. The third kappa shape index (κ3) is 5.32. The van der Waals surface area contributed by atoms with Crippen LogP contribution in [0.15, 0.2) is 54.6 Å². The molecule has 1 fully saturated rings. The van der Waals surface area contributed by atoms with Crippen LogP contribution >= 0.6 is 0 Å². The largest absolute Gasteiger partial charge is 0.391 e. The van der Waals surface area contributed by atoms with Gasteiger partial charge < -0.3 is 15.3 Å². The molecule has 2 heterocycles. The number of aliphatic hydroxyl groups excluding tert-OH is 1. The monoisotopic (exact) mass is 487 g/mol. The molecule has 2 amide bonds. The highest BCUT2D eigenvalue weighted by molar-refractivity contribution is 5.90. The zero-order chi connectivity index (χ0) is 25.1. The fourth-order valence-corrected chi connectivity index (χ4v) is 5.57. The fourth-order valence-electron chi connectivity index (χ4n) is 5.57. The number of benzene rings is 2. The van der Waals surface area contributed by atoms with E-state index in [9.17, 15) is 9.90 Å². The lowest BCUT2D eigenvalue weighted by Gasteiger charge is -2.31. The molecule has 190 valence electrons. The maximum absolute atomic E-state index is 13.2. The molecule has 3 aromatic rings. The molecule has 7 nitrogen and oxygen atoms in total. The normalized spacial score (nSPS) is 20.6. The van der Waals surface area contributed by atoms with Gasteiger partial charge >= 0.3 is 6.03 Å². The van der Waals surface area contributed by atoms with E-state index in [1.54, 1.807) is 0 Å².